The van der Waals surface area contributed by atoms with E-state index < -0.39 is 0 Å². The minimum atomic E-state index is -0.189. The Balaban J connectivity index is 1.91. The number of carbonyl (C=O) groups excluding carboxylic acids is 1. The number of benzene rings is 2. The molecule has 4 rings (SSSR count). The Hall–Kier alpha value is -3.35. The average molecular weight is 436 g/mol. The van der Waals surface area contributed by atoms with E-state index >= 15 is 0 Å². The van der Waals surface area contributed by atoms with Crippen LogP contribution in [0.4, 0.5) is 0 Å². The predicted molar refractivity (Wildman–Crippen MR) is 122 cm³/mol. The van der Waals surface area contributed by atoms with Crippen LogP contribution in [0.25, 0.3) is 16.7 Å². The minimum absolute atomic E-state index is 0.128. The number of hydrogen-bond acceptors (Lipinski definition) is 3. The first kappa shape index (κ1) is 20.9. The Labute approximate surface area is 184 Å². The summed E-state index contributed by atoms with van der Waals surface area (Å²) < 4.78 is 3.71. The number of aromatic nitrogens is 2. The largest absolute Gasteiger partial charge is 0.338 e. The van der Waals surface area contributed by atoms with Gasteiger partial charge in [-0.1, -0.05) is 41.9 Å². The van der Waals surface area contributed by atoms with Crippen molar-refractivity contribution in [2.45, 2.75) is 13.0 Å². The van der Waals surface area contributed by atoms with Crippen LogP contribution in [0.15, 0.2) is 77.6 Å². The van der Waals surface area contributed by atoms with Crippen molar-refractivity contribution in [3.8, 4) is 5.69 Å². The molecule has 158 valence electrons. The number of halogens is 1. The van der Waals surface area contributed by atoms with Crippen LogP contribution in [0.3, 0.4) is 0 Å². The summed E-state index contributed by atoms with van der Waals surface area (Å²) in [6.45, 7) is 0.510. The van der Waals surface area contributed by atoms with Gasteiger partial charge < -0.3 is 4.57 Å². The van der Waals surface area contributed by atoms with Gasteiger partial charge in [-0.25, -0.2) is 5.06 Å². The summed E-state index contributed by atoms with van der Waals surface area (Å²) in [6, 6.07) is 22.3. The topological polar surface area (TPSA) is 56.5 Å². The molecular weight excluding hydrogens is 414 g/mol. The number of amides is 1. The van der Waals surface area contributed by atoms with Gasteiger partial charge >= 0.3 is 0 Å². The average Bonchev–Trinajstić information content (AvgIpc) is 3.10. The van der Waals surface area contributed by atoms with E-state index in [0.29, 0.717) is 11.6 Å². The summed E-state index contributed by atoms with van der Waals surface area (Å²) in [7, 11) is 3.03. The van der Waals surface area contributed by atoms with Gasteiger partial charge in [-0.3, -0.25) is 19.0 Å². The van der Waals surface area contributed by atoms with Crippen LogP contribution < -0.4 is 5.56 Å². The molecule has 0 N–H and O–H groups in total. The number of fused-ring (bicyclic) bond motifs is 1. The first-order valence-electron chi connectivity index (χ1n) is 9.82. The SMILES string of the molecule is CON(C)C(=O)Cc1cc2c(ccc(=O)n2-c2ccccc2)n1Cc1cccc(Cl)c1. The number of rotatable bonds is 6. The maximum atomic E-state index is 12.8. The van der Waals surface area contributed by atoms with Gasteiger partial charge in [-0.05, 0) is 42.0 Å². The van der Waals surface area contributed by atoms with Crippen molar-refractivity contribution in [1.82, 2.24) is 14.2 Å². The summed E-state index contributed by atoms with van der Waals surface area (Å²) in [4.78, 5) is 30.4. The predicted octanol–water partition coefficient (Wildman–Crippen LogP) is 4.06. The zero-order valence-electron chi connectivity index (χ0n) is 17.3. The molecule has 0 saturated carbocycles. The fourth-order valence-electron chi connectivity index (χ4n) is 3.66. The van der Waals surface area contributed by atoms with E-state index in [1.807, 2.05) is 65.2 Å². The zero-order chi connectivity index (χ0) is 22.0. The minimum Gasteiger partial charge on any atom is -0.338 e. The lowest BCUT2D eigenvalue weighted by molar-refractivity contribution is -0.167. The van der Waals surface area contributed by atoms with Gasteiger partial charge in [0.1, 0.15) is 0 Å². The van der Waals surface area contributed by atoms with E-state index in [2.05, 4.69) is 0 Å². The fraction of sp³-hybridized carbons (Fsp3) is 0.167. The first-order chi connectivity index (χ1) is 15.0. The monoisotopic (exact) mass is 435 g/mol. The summed E-state index contributed by atoms with van der Waals surface area (Å²) in [5.41, 5.74) is 4.00. The fourth-order valence-corrected chi connectivity index (χ4v) is 3.88. The number of hydrogen-bond donors (Lipinski definition) is 0. The first-order valence-corrected chi connectivity index (χ1v) is 10.2. The summed E-state index contributed by atoms with van der Waals surface area (Å²) in [6.07, 6.45) is 0.128. The Kier molecular flexibility index (Phi) is 5.93. The molecule has 0 aliphatic heterocycles. The molecule has 0 fully saturated rings. The third-order valence-corrected chi connectivity index (χ3v) is 5.48. The lowest BCUT2D eigenvalue weighted by Crippen LogP contribution is -2.27. The van der Waals surface area contributed by atoms with Gasteiger partial charge in [-0.2, -0.15) is 0 Å². The zero-order valence-corrected chi connectivity index (χ0v) is 18.0. The molecule has 2 aromatic carbocycles. The Bertz CT molecular complexity index is 1290. The molecular formula is C24H22ClN3O3. The van der Waals surface area contributed by atoms with Crippen molar-refractivity contribution in [3.05, 3.63) is 99.4 Å². The molecule has 31 heavy (non-hydrogen) atoms. The molecule has 2 aromatic heterocycles. The highest BCUT2D eigenvalue weighted by atomic mass is 35.5. The molecule has 0 aliphatic rings. The molecule has 0 spiro atoms. The van der Waals surface area contributed by atoms with Crippen LogP contribution in [0.5, 0.6) is 0 Å². The number of hydroxylamine groups is 2. The van der Waals surface area contributed by atoms with Crippen LogP contribution in [-0.4, -0.2) is 34.3 Å². The second-order valence-electron chi connectivity index (χ2n) is 7.22. The summed E-state index contributed by atoms with van der Waals surface area (Å²) in [5.74, 6) is -0.189. The molecule has 0 aliphatic carbocycles. The van der Waals surface area contributed by atoms with Crippen molar-refractivity contribution < 1.29 is 9.63 Å². The molecule has 6 nitrogen and oxygen atoms in total. The highest BCUT2D eigenvalue weighted by Gasteiger charge is 2.18. The normalized spacial score (nSPS) is 11.1. The van der Waals surface area contributed by atoms with Crippen molar-refractivity contribution in [1.29, 1.82) is 0 Å². The van der Waals surface area contributed by atoms with Crippen LogP contribution >= 0.6 is 11.6 Å². The summed E-state index contributed by atoms with van der Waals surface area (Å²) in [5, 5.41) is 1.85. The second-order valence-corrected chi connectivity index (χ2v) is 7.65. The number of carbonyl (C=O) groups is 1. The van der Waals surface area contributed by atoms with Gasteiger partial charge in [0.25, 0.3) is 11.5 Å². The molecule has 0 saturated heterocycles. The Morgan fingerprint density at radius 2 is 1.77 bits per heavy atom. The van der Waals surface area contributed by atoms with Crippen molar-refractivity contribution in [2.75, 3.05) is 14.2 Å². The van der Waals surface area contributed by atoms with Crippen molar-refractivity contribution in [3.63, 3.8) is 0 Å². The highest BCUT2D eigenvalue weighted by molar-refractivity contribution is 6.30. The quantitative estimate of drug-likeness (QED) is 0.429. The summed E-state index contributed by atoms with van der Waals surface area (Å²) >= 11 is 6.18. The number of nitrogens with zero attached hydrogens (tertiary/aromatic N) is 3. The second kappa shape index (κ2) is 8.79. The van der Waals surface area contributed by atoms with Gasteiger partial charge in [0.05, 0.1) is 24.6 Å². The molecule has 1 amide bonds. The maximum absolute atomic E-state index is 12.8. The lowest BCUT2D eigenvalue weighted by atomic mass is 10.2. The van der Waals surface area contributed by atoms with Crippen LogP contribution in [-0.2, 0) is 22.6 Å². The Morgan fingerprint density at radius 3 is 2.48 bits per heavy atom. The van der Waals surface area contributed by atoms with E-state index in [-0.39, 0.29) is 17.9 Å². The van der Waals surface area contributed by atoms with E-state index in [0.717, 1.165) is 28.0 Å². The van der Waals surface area contributed by atoms with Gasteiger partial charge in [0, 0.05) is 36.1 Å². The van der Waals surface area contributed by atoms with Crippen LogP contribution in [0.1, 0.15) is 11.3 Å². The molecule has 0 bridgehead atoms. The highest BCUT2D eigenvalue weighted by Crippen LogP contribution is 2.24. The van der Waals surface area contributed by atoms with E-state index in [9.17, 15) is 9.59 Å². The van der Waals surface area contributed by atoms with E-state index in [1.165, 1.54) is 12.2 Å². The lowest BCUT2D eigenvalue weighted by Gasteiger charge is -2.15. The Morgan fingerprint density at radius 1 is 1.00 bits per heavy atom. The number of likely N-dealkylation sites (N-methyl/N-ethyl adjacent to an activating group) is 1. The molecule has 7 heteroatoms. The standard InChI is InChI=1S/C24H22ClN3O3/c1-26(31-2)24(30)15-20-14-22-21(27(20)16-17-7-6-8-18(25)13-17)11-12-23(29)28(22)19-9-4-3-5-10-19/h3-14H,15-16H2,1-2H3. The van der Waals surface area contributed by atoms with E-state index in [1.54, 1.807) is 23.7 Å². The number of pyridine rings is 1. The molecule has 0 radical (unpaired) electrons. The number of para-hydroxylation sites is 1. The molecule has 0 unspecified atom stereocenters. The van der Waals surface area contributed by atoms with E-state index in [4.69, 9.17) is 16.4 Å². The third kappa shape index (κ3) is 4.26. The van der Waals surface area contributed by atoms with Crippen LogP contribution in [0.2, 0.25) is 5.02 Å². The molecule has 2 heterocycles. The smallest absolute Gasteiger partial charge is 0.255 e. The van der Waals surface area contributed by atoms with Crippen LogP contribution in [0, 0.1) is 0 Å². The molecule has 0 atom stereocenters. The molecule has 4 aromatic rings. The third-order valence-electron chi connectivity index (χ3n) is 5.25. The maximum Gasteiger partial charge on any atom is 0.255 e. The van der Waals surface area contributed by atoms with Crippen molar-refractivity contribution in [2.24, 2.45) is 0 Å². The van der Waals surface area contributed by atoms with Gasteiger partial charge in [0.2, 0.25) is 0 Å². The van der Waals surface area contributed by atoms with Gasteiger partial charge in [0.15, 0.2) is 0 Å². The van der Waals surface area contributed by atoms with Gasteiger partial charge in [-0.15, -0.1) is 0 Å². The van der Waals surface area contributed by atoms with Crippen molar-refractivity contribution >= 4 is 28.5 Å².